The summed E-state index contributed by atoms with van der Waals surface area (Å²) in [5.41, 5.74) is 7.00. The molecule has 1 aliphatic heterocycles. The standard InChI is InChI=1S/C13H17BrFNO/c14-11-6-10(7-12(15)8-11)13(16)5-9-1-3-17-4-2-9/h6-9,13H,1-5,16H2. The van der Waals surface area contributed by atoms with Crippen molar-refractivity contribution < 1.29 is 9.13 Å². The first-order valence-corrected chi connectivity index (χ1v) is 6.74. The number of hydrogen-bond acceptors (Lipinski definition) is 2. The maximum absolute atomic E-state index is 13.3. The quantitative estimate of drug-likeness (QED) is 0.928. The Kier molecular flexibility index (Phi) is 4.54. The third-order valence-electron chi connectivity index (χ3n) is 3.24. The molecule has 2 nitrogen and oxygen atoms in total. The molecule has 0 radical (unpaired) electrons. The smallest absolute Gasteiger partial charge is 0.124 e. The molecule has 0 bridgehead atoms. The molecule has 4 heteroatoms. The molecule has 0 aromatic heterocycles. The monoisotopic (exact) mass is 301 g/mol. The van der Waals surface area contributed by atoms with Crippen LogP contribution in [-0.4, -0.2) is 13.2 Å². The van der Waals surface area contributed by atoms with Crippen molar-refractivity contribution in [3.05, 3.63) is 34.1 Å². The second-order valence-electron chi connectivity index (χ2n) is 4.60. The van der Waals surface area contributed by atoms with Crippen molar-refractivity contribution in [1.29, 1.82) is 0 Å². The topological polar surface area (TPSA) is 35.2 Å². The minimum Gasteiger partial charge on any atom is -0.381 e. The van der Waals surface area contributed by atoms with Crippen LogP contribution in [0.3, 0.4) is 0 Å². The number of rotatable bonds is 3. The van der Waals surface area contributed by atoms with E-state index in [1.54, 1.807) is 0 Å². The summed E-state index contributed by atoms with van der Waals surface area (Å²) in [5, 5.41) is 0. The highest BCUT2D eigenvalue weighted by atomic mass is 79.9. The predicted molar refractivity (Wildman–Crippen MR) is 69.2 cm³/mol. The van der Waals surface area contributed by atoms with E-state index in [-0.39, 0.29) is 11.9 Å². The van der Waals surface area contributed by atoms with E-state index in [1.807, 2.05) is 6.07 Å². The van der Waals surface area contributed by atoms with Crippen LogP contribution in [0.2, 0.25) is 0 Å². The van der Waals surface area contributed by atoms with Crippen molar-refractivity contribution in [2.75, 3.05) is 13.2 Å². The first kappa shape index (κ1) is 13.0. The maximum Gasteiger partial charge on any atom is 0.124 e. The molecular weight excluding hydrogens is 285 g/mol. The molecule has 94 valence electrons. The molecule has 17 heavy (non-hydrogen) atoms. The summed E-state index contributed by atoms with van der Waals surface area (Å²) in [6.07, 6.45) is 3.02. The Morgan fingerprint density at radius 2 is 2.06 bits per heavy atom. The highest BCUT2D eigenvalue weighted by Gasteiger charge is 2.18. The second-order valence-corrected chi connectivity index (χ2v) is 5.52. The Morgan fingerprint density at radius 1 is 1.35 bits per heavy atom. The number of nitrogens with two attached hydrogens (primary N) is 1. The van der Waals surface area contributed by atoms with Crippen molar-refractivity contribution >= 4 is 15.9 Å². The zero-order valence-corrected chi connectivity index (χ0v) is 11.2. The lowest BCUT2D eigenvalue weighted by molar-refractivity contribution is 0.0618. The van der Waals surface area contributed by atoms with Crippen molar-refractivity contribution in [1.82, 2.24) is 0 Å². The highest BCUT2D eigenvalue weighted by molar-refractivity contribution is 9.10. The van der Waals surface area contributed by atoms with Crippen LogP contribution in [0.1, 0.15) is 30.9 Å². The predicted octanol–water partition coefficient (Wildman–Crippen LogP) is 3.40. The summed E-state index contributed by atoms with van der Waals surface area (Å²) in [7, 11) is 0. The second kappa shape index (κ2) is 5.94. The summed E-state index contributed by atoms with van der Waals surface area (Å²) < 4.78 is 19.3. The molecule has 0 saturated carbocycles. The van der Waals surface area contributed by atoms with Crippen LogP contribution in [0.25, 0.3) is 0 Å². The summed E-state index contributed by atoms with van der Waals surface area (Å²) in [6, 6.07) is 4.78. The van der Waals surface area contributed by atoms with Crippen LogP contribution in [0, 0.1) is 11.7 Å². The Balaban J connectivity index is 2.00. The minimum absolute atomic E-state index is 0.0925. The number of halogens is 2. The van der Waals surface area contributed by atoms with E-state index >= 15 is 0 Å². The largest absolute Gasteiger partial charge is 0.381 e. The molecule has 1 aliphatic rings. The van der Waals surface area contributed by atoms with Gasteiger partial charge in [-0.3, -0.25) is 0 Å². The third kappa shape index (κ3) is 3.76. The van der Waals surface area contributed by atoms with Crippen LogP contribution >= 0.6 is 15.9 Å². The van der Waals surface area contributed by atoms with E-state index in [9.17, 15) is 4.39 Å². The summed E-state index contributed by atoms with van der Waals surface area (Å²) in [5.74, 6) is 0.359. The van der Waals surface area contributed by atoms with Gasteiger partial charge in [-0.05, 0) is 48.9 Å². The molecule has 1 fully saturated rings. The summed E-state index contributed by atoms with van der Waals surface area (Å²) in [4.78, 5) is 0. The first-order valence-electron chi connectivity index (χ1n) is 5.94. The molecule has 1 unspecified atom stereocenters. The molecule has 1 atom stereocenters. The van der Waals surface area contributed by atoms with Gasteiger partial charge in [-0.15, -0.1) is 0 Å². The van der Waals surface area contributed by atoms with Crippen molar-refractivity contribution in [3.63, 3.8) is 0 Å². The first-order chi connectivity index (χ1) is 8.15. The number of benzene rings is 1. The molecule has 2 N–H and O–H groups in total. The van der Waals surface area contributed by atoms with E-state index < -0.39 is 0 Å². The maximum atomic E-state index is 13.3. The lowest BCUT2D eigenvalue weighted by Crippen LogP contribution is -2.21. The molecule has 1 heterocycles. The molecule has 1 aromatic carbocycles. The average molecular weight is 302 g/mol. The lowest BCUT2D eigenvalue weighted by atomic mass is 9.90. The fourth-order valence-corrected chi connectivity index (χ4v) is 2.75. The van der Waals surface area contributed by atoms with E-state index in [4.69, 9.17) is 10.5 Å². The van der Waals surface area contributed by atoms with Gasteiger partial charge in [-0.25, -0.2) is 4.39 Å². The van der Waals surface area contributed by atoms with E-state index in [2.05, 4.69) is 15.9 Å². The van der Waals surface area contributed by atoms with Gasteiger partial charge in [0.05, 0.1) is 0 Å². The zero-order chi connectivity index (χ0) is 12.3. The van der Waals surface area contributed by atoms with E-state index in [0.29, 0.717) is 5.92 Å². The minimum atomic E-state index is -0.239. The van der Waals surface area contributed by atoms with Gasteiger partial charge >= 0.3 is 0 Å². The molecule has 0 spiro atoms. The fourth-order valence-electron chi connectivity index (χ4n) is 2.27. The summed E-state index contributed by atoms with van der Waals surface area (Å²) in [6.45, 7) is 1.65. The molecule has 0 aliphatic carbocycles. The van der Waals surface area contributed by atoms with Crippen LogP contribution in [0.4, 0.5) is 4.39 Å². The van der Waals surface area contributed by atoms with Crippen LogP contribution in [0.15, 0.2) is 22.7 Å². The fraction of sp³-hybridized carbons (Fsp3) is 0.538. The van der Waals surface area contributed by atoms with Gasteiger partial charge < -0.3 is 10.5 Å². The number of ether oxygens (including phenoxy) is 1. The third-order valence-corrected chi connectivity index (χ3v) is 3.70. The van der Waals surface area contributed by atoms with Crippen LogP contribution < -0.4 is 5.73 Å². The highest BCUT2D eigenvalue weighted by Crippen LogP contribution is 2.27. The molecule has 1 saturated heterocycles. The Labute approximate surface area is 109 Å². The molecule has 1 aromatic rings. The van der Waals surface area contributed by atoms with Crippen LogP contribution in [0.5, 0.6) is 0 Å². The molecule has 0 amide bonds. The number of hydrogen-bond donors (Lipinski definition) is 1. The van der Waals surface area contributed by atoms with Gasteiger partial charge in [0.25, 0.3) is 0 Å². The molecule has 2 rings (SSSR count). The Bertz CT molecular complexity index is 359. The van der Waals surface area contributed by atoms with Crippen LogP contribution in [-0.2, 0) is 4.74 Å². The van der Waals surface area contributed by atoms with Crippen molar-refractivity contribution in [2.45, 2.75) is 25.3 Å². The Morgan fingerprint density at radius 3 is 2.71 bits per heavy atom. The Hall–Kier alpha value is -0.450. The SMILES string of the molecule is NC(CC1CCOCC1)c1cc(F)cc(Br)c1. The summed E-state index contributed by atoms with van der Waals surface area (Å²) >= 11 is 3.29. The van der Waals surface area contributed by atoms with Gasteiger partial charge in [-0.2, -0.15) is 0 Å². The van der Waals surface area contributed by atoms with Gasteiger partial charge in [-0.1, -0.05) is 15.9 Å². The van der Waals surface area contributed by atoms with Gasteiger partial charge in [0.15, 0.2) is 0 Å². The normalized spacial score (nSPS) is 19.2. The van der Waals surface area contributed by atoms with E-state index in [1.165, 1.54) is 12.1 Å². The van der Waals surface area contributed by atoms with Crippen molar-refractivity contribution in [2.24, 2.45) is 11.7 Å². The molecular formula is C13H17BrFNO. The van der Waals surface area contributed by atoms with Gasteiger partial charge in [0.2, 0.25) is 0 Å². The average Bonchev–Trinajstić information content (AvgIpc) is 2.29. The van der Waals surface area contributed by atoms with Gasteiger partial charge in [0, 0.05) is 23.7 Å². The lowest BCUT2D eigenvalue weighted by Gasteiger charge is -2.25. The van der Waals surface area contributed by atoms with E-state index in [0.717, 1.165) is 42.5 Å². The van der Waals surface area contributed by atoms with Crippen molar-refractivity contribution in [3.8, 4) is 0 Å². The van der Waals surface area contributed by atoms with Gasteiger partial charge in [0.1, 0.15) is 5.82 Å². The zero-order valence-electron chi connectivity index (χ0n) is 9.66.